The summed E-state index contributed by atoms with van der Waals surface area (Å²) >= 11 is 0. The fourth-order valence-electron chi connectivity index (χ4n) is 3.05. The van der Waals surface area contributed by atoms with Gasteiger partial charge in [-0.05, 0) is 31.5 Å². The first-order valence-electron chi connectivity index (χ1n) is 7.57. The molecule has 0 saturated carbocycles. The Bertz CT molecular complexity index is 490. The molecule has 0 N–H and O–H groups in total. The molecule has 1 heterocycles. The van der Waals surface area contributed by atoms with Crippen LogP contribution in [0.1, 0.15) is 19.4 Å². The van der Waals surface area contributed by atoms with Crippen molar-refractivity contribution < 1.29 is 18.9 Å². The van der Waals surface area contributed by atoms with Crippen molar-refractivity contribution in [2.24, 2.45) is 0 Å². The summed E-state index contributed by atoms with van der Waals surface area (Å²) in [5.74, 6) is 1.52. The summed E-state index contributed by atoms with van der Waals surface area (Å²) in [6.07, 6.45) is 0.105. The molecule has 1 fully saturated rings. The molecule has 124 valence electrons. The third kappa shape index (κ3) is 4.35. The second-order valence-corrected chi connectivity index (χ2v) is 6.31. The Kier molecular flexibility index (Phi) is 5.67. The van der Waals surface area contributed by atoms with Gasteiger partial charge in [0.15, 0.2) is 11.5 Å². The van der Waals surface area contributed by atoms with Gasteiger partial charge in [0.25, 0.3) is 0 Å². The van der Waals surface area contributed by atoms with E-state index in [1.54, 1.807) is 21.3 Å². The highest BCUT2D eigenvalue weighted by Crippen LogP contribution is 2.29. The highest BCUT2D eigenvalue weighted by atomic mass is 16.5. The van der Waals surface area contributed by atoms with Crippen LogP contribution in [0.4, 0.5) is 0 Å². The molecule has 0 spiro atoms. The number of rotatable bonds is 6. The summed E-state index contributed by atoms with van der Waals surface area (Å²) in [6, 6.07) is 6.06. The van der Waals surface area contributed by atoms with Crippen LogP contribution in [0.5, 0.6) is 11.5 Å². The van der Waals surface area contributed by atoms with Crippen molar-refractivity contribution in [3.63, 3.8) is 0 Å². The fourth-order valence-corrected chi connectivity index (χ4v) is 3.05. The molecule has 5 heteroatoms. The van der Waals surface area contributed by atoms with Crippen molar-refractivity contribution in [3.8, 4) is 11.5 Å². The van der Waals surface area contributed by atoms with E-state index < -0.39 is 0 Å². The Morgan fingerprint density at radius 3 is 2.55 bits per heavy atom. The van der Waals surface area contributed by atoms with Gasteiger partial charge < -0.3 is 18.9 Å². The van der Waals surface area contributed by atoms with Crippen LogP contribution in [-0.4, -0.2) is 57.6 Å². The molecule has 0 aliphatic carbocycles. The molecule has 22 heavy (non-hydrogen) atoms. The molecule has 1 aromatic carbocycles. The predicted octanol–water partition coefficient (Wildman–Crippen LogP) is 2.33. The molecule has 1 aliphatic rings. The van der Waals surface area contributed by atoms with E-state index in [9.17, 15) is 0 Å². The Labute approximate surface area is 133 Å². The van der Waals surface area contributed by atoms with Gasteiger partial charge in [0.05, 0.1) is 32.5 Å². The lowest BCUT2D eigenvalue weighted by molar-refractivity contribution is -0.154. The van der Waals surface area contributed by atoms with E-state index in [1.165, 1.54) is 5.56 Å². The first-order chi connectivity index (χ1) is 10.5. The van der Waals surface area contributed by atoms with Gasteiger partial charge in [-0.3, -0.25) is 4.90 Å². The van der Waals surface area contributed by atoms with Gasteiger partial charge in [-0.25, -0.2) is 0 Å². The third-order valence-corrected chi connectivity index (χ3v) is 3.76. The monoisotopic (exact) mass is 309 g/mol. The van der Waals surface area contributed by atoms with Crippen LogP contribution >= 0.6 is 0 Å². The number of ether oxygens (including phenoxy) is 4. The predicted molar refractivity (Wildman–Crippen MR) is 85.7 cm³/mol. The Balaban J connectivity index is 2.08. The van der Waals surface area contributed by atoms with E-state index in [4.69, 9.17) is 18.9 Å². The van der Waals surface area contributed by atoms with Crippen LogP contribution in [-0.2, 0) is 16.0 Å². The number of morpholine rings is 1. The smallest absolute Gasteiger partial charge is 0.161 e. The van der Waals surface area contributed by atoms with Crippen molar-refractivity contribution in [1.29, 1.82) is 0 Å². The van der Waals surface area contributed by atoms with Crippen molar-refractivity contribution in [3.05, 3.63) is 23.8 Å². The van der Waals surface area contributed by atoms with E-state index in [1.807, 2.05) is 12.1 Å². The minimum Gasteiger partial charge on any atom is -0.493 e. The lowest BCUT2D eigenvalue weighted by atomic mass is 10.0. The molecule has 0 bridgehead atoms. The number of hydrogen-bond acceptors (Lipinski definition) is 5. The van der Waals surface area contributed by atoms with Gasteiger partial charge in [-0.15, -0.1) is 0 Å². The zero-order chi connectivity index (χ0) is 16.2. The zero-order valence-corrected chi connectivity index (χ0v) is 14.2. The standard InChI is InChI=1S/C17H27NO4/c1-17(2)12-18(10-14(22-17)11-19-3)9-13-6-7-15(20-4)16(8-13)21-5/h6-8,14H,9-12H2,1-5H3/t14-/m1/s1. The quantitative estimate of drug-likeness (QED) is 0.806. The van der Waals surface area contributed by atoms with Crippen molar-refractivity contribution in [2.75, 3.05) is 41.0 Å². The van der Waals surface area contributed by atoms with E-state index in [0.717, 1.165) is 31.1 Å². The highest BCUT2D eigenvalue weighted by molar-refractivity contribution is 5.42. The summed E-state index contributed by atoms with van der Waals surface area (Å²) in [4.78, 5) is 2.40. The number of methoxy groups -OCH3 is 3. The molecule has 2 rings (SSSR count). The van der Waals surface area contributed by atoms with Gasteiger partial charge in [-0.1, -0.05) is 6.07 Å². The molecule has 1 saturated heterocycles. The third-order valence-electron chi connectivity index (χ3n) is 3.76. The van der Waals surface area contributed by atoms with Crippen LogP contribution in [0.3, 0.4) is 0 Å². The van der Waals surface area contributed by atoms with E-state index in [0.29, 0.717) is 6.61 Å². The lowest BCUT2D eigenvalue weighted by Crippen LogP contribution is -2.53. The van der Waals surface area contributed by atoms with Crippen LogP contribution in [0.2, 0.25) is 0 Å². The molecule has 0 radical (unpaired) electrons. The molecule has 0 amide bonds. The van der Waals surface area contributed by atoms with Crippen LogP contribution in [0.15, 0.2) is 18.2 Å². The minimum absolute atomic E-state index is 0.105. The molecule has 0 aromatic heterocycles. The van der Waals surface area contributed by atoms with Gasteiger partial charge in [-0.2, -0.15) is 0 Å². The second kappa shape index (κ2) is 7.31. The maximum absolute atomic E-state index is 6.05. The molecular formula is C17H27NO4. The van der Waals surface area contributed by atoms with Gasteiger partial charge in [0.2, 0.25) is 0 Å². The van der Waals surface area contributed by atoms with Crippen LogP contribution in [0.25, 0.3) is 0 Å². The molecule has 5 nitrogen and oxygen atoms in total. The zero-order valence-electron chi connectivity index (χ0n) is 14.2. The lowest BCUT2D eigenvalue weighted by Gasteiger charge is -2.42. The van der Waals surface area contributed by atoms with E-state index >= 15 is 0 Å². The van der Waals surface area contributed by atoms with Gasteiger partial charge >= 0.3 is 0 Å². The summed E-state index contributed by atoms with van der Waals surface area (Å²) < 4.78 is 22.0. The second-order valence-electron chi connectivity index (χ2n) is 6.31. The Morgan fingerprint density at radius 2 is 1.91 bits per heavy atom. The number of nitrogens with zero attached hydrogens (tertiary/aromatic N) is 1. The Morgan fingerprint density at radius 1 is 1.18 bits per heavy atom. The minimum atomic E-state index is -0.169. The van der Waals surface area contributed by atoms with Crippen molar-refractivity contribution in [1.82, 2.24) is 4.90 Å². The van der Waals surface area contributed by atoms with Gasteiger partial charge in [0.1, 0.15) is 0 Å². The van der Waals surface area contributed by atoms with Crippen LogP contribution < -0.4 is 9.47 Å². The van der Waals surface area contributed by atoms with Crippen molar-refractivity contribution >= 4 is 0 Å². The van der Waals surface area contributed by atoms with Gasteiger partial charge in [0, 0.05) is 26.7 Å². The average Bonchev–Trinajstić information content (AvgIpc) is 2.45. The maximum Gasteiger partial charge on any atom is 0.161 e. The first-order valence-corrected chi connectivity index (χ1v) is 7.57. The topological polar surface area (TPSA) is 40.2 Å². The number of benzene rings is 1. The Hall–Kier alpha value is -1.30. The number of hydrogen-bond donors (Lipinski definition) is 0. The maximum atomic E-state index is 6.05. The largest absolute Gasteiger partial charge is 0.493 e. The summed E-state index contributed by atoms with van der Waals surface area (Å²) in [6.45, 7) is 7.47. The van der Waals surface area contributed by atoms with E-state index in [-0.39, 0.29) is 11.7 Å². The first kappa shape index (κ1) is 17.1. The summed E-state index contributed by atoms with van der Waals surface area (Å²) in [5.41, 5.74) is 1.03. The van der Waals surface area contributed by atoms with E-state index in [2.05, 4.69) is 24.8 Å². The molecule has 1 atom stereocenters. The molecule has 1 aromatic rings. The molecular weight excluding hydrogens is 282 g/mol. The average molecular weight is 309 g/mol. The highest BCUT2D eigenvalue weighted by Gasteiger charge is 2.33. The summed E-state index contributed by atoms with van der Waals surface area (Å²) in [5, 5.41) is 0. The SMILES string of the molecule is COC[C@H]1CN(Cc2ccc(OC)c(OC)c2)CC(C)(C)O1. The molecule has 1 aliphatic heterocycles. The fraction of sp³-hybridized carbons (Fsp3) is 0.647. The van der Waals surface area contributed by atoms with Crippen molar-refractivity contribution in [2.45, 2.75) is 32.1 Å². The summed E-state index contributed by atoms with van der Waals surface area (Å²) in [7, 11) is 5.02. The molecule has 0 unspecified atom stereocenters. The van der Waals surface area contributed by atoms with Crippen LogP contribution in [0, 0.1) is 0 Å². The normalized spacial score (nSPS) is 21.6.